The number of hydrogen-bond donors (Lipinski definition) is 0. The van der Waals surface area contributed by atoms with Crippen LogP contribution in [0.5, 0.6) is 23.0 Å². The predicted octanol–water partition coefficient (Wildman–Crippen LogP) is 5.47. The lowest BCUT2D eigenvalue weighted by molar-refractivity contribution is 0.0735. The molecule has 0 spiro atoms. The molecule has 0 bridgehead atoms. The third-order valence-electron chi connectivity index (χ3n) is 4.29. The Morgan fingerprint density at radius 2 is 1.67 bits per heavy atom. The largest absolute Gasteiger partial charge is 0.493 e. The highest BCUT2D eigenvalue weighted by Crippen LogP contribution is 2.30. The van der Waals surface area contributed by atoms with Crippen molar-refractivity contribution >= 4 is 28.5 Å². The maximum absolute atomic E-state index is 12.8. The van der Waals surface area contributed by atoms with Crippen molar-refractivity contribution in [1.82, 2.24) is 0 Å². The van der Waals surface area contributed by atoms with Crippen molar-refractivity contribution in [3.05, 3.63) is 93.8 Å². The van der Waals surface area contributed by atoms with Gasteiger partial charge in [0.05, 0.1) is 18.1 Å². The van der Waals surface area contributed by atoms with Gasteiger partial charge in [-0.05, 0) is 48.5 Å². The molecule has 0 fully saturated rings. The van der Waals surface area contributed by atoms with E-state index >= 15 is 0 Å². The van der Waals surface area contributed by atoms with E-state index in [-0.39, 0.29) is 27.9 Å². The number of hydrogen-bond acceptors (Lipinski definition) is 6. The molecule has 4 aromatic rings. The molecule has 0 saturated carbocycles. The Morgan fingerprint density at radius 1 is 0.933 bits per heavy atom. The van der Waals surface area contributed by atoms with Gasteiger partial charge < -0.3 is 18.6 Å². The van der Waals surface area contributed by atoms with Crippen LogP contribution in [-0.2, 0) is 0 Å². The second kappa shape index (κ2) is 8.31. The zero-order valence-corrected chi connectivity index (χ0v) is 16.5. The monoisotopic (exact) mass is 422 g/mol. The van der Waals surface area contributed by atoms with Crippen LogP contribution in [0.3, 0.4) is 0 Å². The van der Waals surface area contributed by atoms with Gasteiger partial charge in [0.25, 0.3) is 0 Å². The minimum atomic E-state index is -0.551. The fourth-order valence-electron chi connectivity index (χ4n) is 2.80. The molecule has 0 atom stereocenters. The summed E-state index contributed by atoms with van der Waals surface area (Å²) in [7, 11) is 1.51. The van der Waals surface area contributed by atoms with Crippen LogP contribution in [0.25, 0.3) is 11.0 Å². The molecular formula is C23H15ClO6. The summed E-state index contributed by atoms with van der Waals surface area (Å²) in [4.78, 5) is 25.0. The van der Waals surface area contributed by atoms with Crippen LogP contribution < -0.4 is 19.6 Å². The average Bonchev–Trinajstić information content (AvgIpc) is 2.76. The normalized spacial score (nSPS) is 10.6. The summed E-state index contributed by atoms with van der Waals surface area (Å²) in [6, 6.07) is 17.8. The molecule has 150 valence electrons. The number of methoxy groups -OCH3 is 1. The first kappa shape index (κ1) is 19.5. The Kier molecular flexibility index (Phi) is 5.41. The van der Waals surface area contributed by atoms with E-state index < -0.39 is 5.97 Å². The summed E-state index contributed by atoms with van der Waals surface area (Å²) in [6.07, 6.45) is 1.21. The van der Waals surface area contributed by atoms with E-state index in [0.717, 1.165) is 0 Å². The molecule has 1 heterocycles. The van der Waals surface area contributed by atoms with Crippen LogP contribution in [0.2, 0.25) is 5.02 Å². The Hall–Kier alpha value is -3.77. The average molecular weight is 423 g/mol. The quantitative estimate of drug-likeness (QED) is 0.314. The third kappa shape index (κ3) is 3.99. The summed E-state index contributed by atoms with van der Waals surface area (Å²) in [5.74, 6) is 0.577. The molecule has 0 aliphatic rings. The van der Waals surface area contributed by atoms with Gasteiger partial charge in [0, 0.05) is 11.1 Å². The lowest BCUT2D eigenvalue weighted by Gasteiger charge is -2.10. The number of carbonyl (C=O) groups excluding carboxylic acids is 1. The summed E-state index contributed by atoms with van der Waals surface area (Å²) in [5, 5.41) is 0.805. The predicted molar refractivity (Wildman–Crippen MR) is 112 cm³/mol. The van der Waals surface area contributed by atoms with E-state index in [4.69, 9.17) is 30.2 Å². The zero-order valence-electron chi connectivity index (χ0n) is 15.8. The van der Waals surface area contributed by atoms with Crippen molar-refractivity contribution < 1.29 is 23.4 Å². The van der Waals surface area contributed by atoms with Crippen LogP contribution in [0, 0.1) is 0 Å². The van der Waals surface area contributed by atoms with E-state index in [1.165, 1.54) is 31.6 Å². The number of benzene rings is 3. The van der Waals surface area contributed by atoms with E-state index in [1.807, 2.05) is 0 Å². The van der Waals surface area contributed by atoms with Gasteiger partial charge in [-0.2, -0.15) is 0 Å². The maximum atomic E-state index is 12.8. The van der Waals surface area contributed by atoms with E-state index in [1.54, 1.807) is 48.5 Å². The summed E-state index contributed by atoms with van der Waals surface area (Å²) in [5.41, 5.74) is 0.244. The fraction of sp³-hybridized carbons (Fsp3) is 0.0435. The highest BCUT2D eigenvalue weighted by molar-refractivity contribution is 6.30. The van der Waals surface area contributed by atoms with Gasteiger partial charge in [-0.1, -0.05) is 23.7 Å². The molecule has 0 amide bonds. The Bertz CT molecular complexity index is 1280. The second-order valence-electron chi connectivity index (χ2n) is 6.24. The molecule has 3 aromatic carbocycles. The first-order chi connectivity index (χ1) is 14.5. The number of halogens is 1. The van der Waals surface area contributed by atoms with Gasteiger partial charge in [0.1, 0.15) is 17.6 Å². The first-order valence-corrected chi connectivity index (χ1v) is 9.27. The standard InChI is InChI=1S/C23H15ClO6/c1-27-18-4-2-3-5-19(18)30-21-13-28-20-12-16(10-11-17(20)22(21)25)29-23(26)14-6-8-15(24)9-7-14/h2-13H,1H3. The highest BCUT2D eigenvalue weighted by atomic mass is 35.5. The SMILES string of the molecule is COc1ccccc1Oc1coc2cc(OC(=O)c3ccc(Cl)cc3)ccc2c1=O. The molecule has 0 saturated heterocycles. The Labute approximate surface area is 176 Å². The van der Waals surface area contributed by atoms with Gasteiger partial charge in [-0.3, -0.25) is 4.79 Å². The molecule has 6 nitrogen and oxygen atoms in total. The zero-order chi connectivity index (χ0) is 21.1. The van der Waals surface area contributed by atoms with Crippen LogP contribution in [-0.4, -0.2) is 13.1 Å². The third-order valence-corrected chi connectivity index (χ3v) is 4.55. The second-order valence-corrected chi connectivity index (χ2v) is 6.67. The van der Waals surface area contributed by atoms with Crippen LogP contribution >= 0.6 is 11.6 Å². The minimum Gasteiger partial charge on any atom is -0.493 e. The molecule has 0 N–H and O–H groups in total. The van der Waals surface area contributed by atoms with Gasteiger partial charge in [0.2, 0.25) is 11.2 Å². The topological polar surface area (TPSA) is 75.0 Å². The van der Waals surface area contributed by atoms with Crippen LogP contribution in [0.4, 0.5) is 0 Å². The van der Waals surface area contributed by atoms with Crippen molar-refractivity contribution in [2.24, 2.45) is 0 Å². The number of ether oxygens (including phenoxy) is 3. The molecule has 4 rings (SSSR count). The molecular weight excluding hydrogens is 408 g/mol. The van der Waals surface area contributed by atoms with Crippen molar-refractivity contribution in [3.63, 3.8) is 0 Å². The summed E-state index contributed by atoms with van der Waals surface area (Å²) < 4.78 is 21.8. The Balaban J connectivity index is 1.60. The number of rotatable bonds is 5. The lowest BCUT2D eigenvalue weighted by Crippen LogP contribution is -2.09. The van der Waals surface area contributed by atoms with Crippen LogP contribution in [0.15, 0.2) is 82.2 Å². The highest BCUT2D eigenvalue weighted by Gasteiger charge is 2.14. The minimum absolute atomic E-state index is 0.0120. The van der Waals surface area contributed by atoms with Gasteiger partial charge in [-0.25, -0.2) is 4.79 Å². The summed E-state index contributed by atoms with van der Waals surface area (Å²) >= 11 is 5.83. The van der Waals surface area contributed by atoms with Gasteiger partial charge >= 0.3 is 5.97 Å². The van der Waals surface area contributed by atoms with E-state index in [2.05, 4.69) is 0 Å². The van der Waals surface area contributed by atoms with Crippen molar-refractivity contribution in [2.45, 2.75) is 0 Å². The van der Waals surface area contributed by atoms with Crippen molar-refractivity contribution in [3.8, 4) is 23.0 Å². The molecule has 0 aliphatic carbocycles. The molecule has 0 unspecified atom stereocenters. The van der Waals surface area contributed by atoms with Crippen LogP contribution in [0.1, 0.15) is 10.4 Å². The Morgan fingerprint density at radius 3 is 2.40 bits per heavy atom. The molecule has 0 radical (unpaired) electrons. The smallest absolute Gasteiger partial charge is 0.343 e. The lowest BCUT2D eigenvalue weighted by atomic mass is 10.2. The number of esters is 1. The molecule has 0 aliphatic heterocycles. The van der Waals surface area contributed by atoms with Crippen molar-refractivity contribution in [1.29, 1.82) is 0 Å². The number of para-hydroxylation sites is 2. The van der Waals surface area contributed by atoms with E-state index in [0.29, 0.717) is 22.1 Å². The first-order valence-electron chi connectivity index (χ1n) is 8.89. The van der Waals surface area contributed by atoms with E-state index in [9.17, 15) is 9.59 Å². The number of carbonyl (C=O) groups is 1. The van der Waals surface area contributed by atoms with Crippen molar-refractivity contribution in [2.75, 3.05) is 7.11 Å². The van der Waals surface area contributed by atoms with Gasteiger partial charge in [-0.15, -0.1) is 0 Å². The van der Waals surface area contributed by atoms with Gasteiger partial charge in [0.15, 0.2) is 11.5 Å². The molecule has 1 aromatic heterocycles. The number of fused-ring (bicyclic) bond motifs is 1. The molecule has 7 heteroatoms. The summed E-state index contributed by atoms with van der Waals surface area (Å²) in [6.45, 7) is 0. The molecule has 30 heavy (non-hydrogen) atoms. The fourth-order valence-corrected chi connectivity index (χ4v) is 2.92. The maximum Gasteiger partial charge on any atom is 0.343 e.